The first-order valence-electron chi connectivity index (χ1n) is 7.94. The van der Waals surface area contributed by atoms with Gasteiger partial charge < -0.3 is 20.4 Å². The Hall–Kier alpha value is -0.160. The minimum absolute atomic E-state index is 0.0397. The van der Waals surface area contributed by atoms with Gasteiger partial charge in [0.1, 0.15) is 0 Å². The van der Waals surface area contributed by atoms with Crippen LogP contribution >= 0.6 is 0 Å². The molecule has 122 valence electrons. The maximum absolute atomic E-state index is 10.4. The number of hydrogen-bond acceptors (Lipinski definition) is 4. The molecular weight excluding hydrogens is 256 g/mol. The van der Waals surface area contributed by atoms with Gasteiger partial charge in [-0.1, -0.05) is 27.7 Å². The van der Waals surface area contributed by atoms with Gasteiger partial charge in [0.25, 0.3) is 0 Å². The van der Waals surface area contributed by atoms with Gasteiger partial charge in [-0.25, -0.2) is 0 Å². The lowest BCUT2D eigenvalue weighted by Crippen LogP contribution is -2.43. The maximum atomic E-state index is 10.4. The zero-order valence-electron chi connectivity index (χ0n) is 13.7. The summed E-state index contributed by atoms with van der Waals surface area (Å²) < 4.78 is 0. The lowest BCUT2D eigenvalue weighted by atomic mass is 9.76. The van der Waals surface area contributed by atoms with E-state index in [0.717, 1.165) is 0 Å². The minimum atomic E-state index is -0.889. The van der Waals surface area contributed by atoms with Crippen molar-refractivity contribution in [2.24, 2.45) is 17.8 Å². The normalized spacial score (nSPS) is 22.6. The van der Waals surface area contributed by atoms with Crippen LogP contribution in [0.5, 0.6) is 0 Å². The summed E-state index contributed by atoms with van der Waals surface area (Å²) in [4.78, 5) is 0. The second-order valence-corrected chi connectivity index (χ2v) is 6.35. The average Bonchev–Trinajstić information content (AvgIpc) is 2.40. The van der Waals surface area contributed by atoms with Crippen LogP contribution in [0.2, 0.25) is 0 Å². The molecule has 0 fully saturated rings. The van der Waals surface area contributed by atoms with Crippen molar-refractivity contribution < 1.29 is 20.4 Å². The third kappa shape index (κ3) is 5.32. The van der Waals surface area contributed by atoms with Crippen molar-refractivity contribution in [2.45, 2.75) is 78.1 Å². The van der Waals surface area contributed by atoms with E-state index in [9.17, 15) is 20.4 Å². The van der Waals surface area contributed by atoms with E-state index in [-0.39, 0.29) is 24.4 Å². The SMILES string of the molecule is CCC(CO)C(O)C(C)CC(O)C(CC)C(C)(O)CC. The Morgan fingerprint density at radius 1 is 1.05 bits per heavy atom. The van der Waals surface area contributed by atoms with Gasteiger partial charge in [0.15, 0.2) is 0 Å². The van der Waals surface area contributed by atoms with Gasteiger partial charge in [0, 0.05) is 18.4 Å². The third-order valence-corrected chi connectivity index (χ3v) is 4.86. The van der Waals surface area contributed by atoms with Crippen LogP contribution in [0.1, 0.15) is 60.3 Å². The van der Waals surface area contributed by atoms with Crippen molar-refractivity contribution in [1.29, 1.82) is 0 Å². The number of aliphatic hydroxyl groups is 4. The largest absolute Gasteiger partial charge is 0.396 e. The summed E-state index contributed by atoms with van der Waals surface area (Å²) >= 11 is 0. The highest BCUT2D eigenvalue weighted by molar-refractivity contribution is 4.87. The Kier molecular flexibility index (Phi) is 8.91. The van der Waals surface area contributed by atoms with Crippen molar-refractivity contribution in [2.75, 3.05) is 6.61 Å². The molecule has 0 aromatic rings. The molecule has 0 aromatic carbocycles. The van der Waals surface area contributed by atoms with Gasteiger partial charge in [0.05, 0.1) is 17.8 Å². The van der Waals surface area contributed by atoms with Gasteiger partial charge in [-0.2, -0.15) is 0 Å². The topological polar surface area (TPSA) is 80.9 Å². The molecule has 6 atom stereocenters. The summed E-state index contributed by atoms with van der Waals surface area (Å²) in [7, 11) is 0. The van der Waals surface area contributed by atoms with E-state index in [4.69, 9.17) is 0 Å². The highest BCUT2D eigenvalue weighted by Crippen LogP contribution is 2.31. The Morgan fingerprint density at radius 2 is 1.60 bits per heavy atom. The van der Waals surface area contributed by atoms with Crippen LogP contribution in [0.4, 0.5) is 0 Å². The smallest absolute Gasteiger partial charge is 0.0669 e. The Labute approximate surface area is 123 Å². The summed E-state index contributed by atoms with van der Waals surface area (Å²) in [6.45, 7) is 9.41. The average molecular weight is 290 g/mol. The fourth-order valence-corrected chi connectivity index (χ4v) is 3.02. The Balaban J connectivity index is 4.68. The zero-order valence-corrected chi connectivity index (χ0v) is 13.7. The van der Waals surface area contributed by atoms with E-state index >= 15 is 0 Å². The van der Waals surface area contributed by atoms with Crippen molar-refractivity contribution in [3.05, 3.63) is 0 Å². The van der Waals surface area contributed by atoms with E-state index in [2.05, 4.69) is 0 Å². The molecule has 0 heterocycles. The quantitative estimate of drug-likeness (QED) is 0.496. The van der Waals surface area contributed by atoms with E-state index in [0.29, 0.717) is 25.7 Å². The highest BCUT2D eigenvalue weighted by atomic mass is 16.3. The first kappa shape index (κ1) is 19.8. The maximum Gasteiger partial charge on any atom is 0.0669 e. The molecule has 4 N–H and O–H groups in total. The van der Waals surface area contributed by atoms with Gasteiger partial charge in [0.2, 0.25) is 0 Å². The van der Waals surface area contributed by atoms with Crippen LogP contribution in [0.15, 0.2) is 0 Å². The Morgan fingerprint density at radius 3 is 1.95 bits per heavy atom. The summed E-state index contributed by atoms with van der Waals surface area (Å²) in [6, 6.07) is 0. The number of hydrogen-bond donors (Lipinski definition) is 4. The predicted octanol–water partition coefficient (Wildman–Crippen LogP) is 1.94. The molecular formula is C16H34O4. The fraction of sp³-hybridized carbons (Fsp3) is 1.00. The van der Waals surface area contributed by atoms with E-state index < -0.39 is 17.8 Å². The highest BCUT2D eigenvalue weighted by Gasteiger charge is 2.36. The monoisotopic (exact) mass is 290 g/mol. The molecule has 4 heteroatoms. The van der Waals surface area contributed by atoms with Crippen LogP contribution in [0.3, 0.4) is 0 Å². The summed E-state index contributed by atoms with van der Waals surface area (Å²) in [5.41, 5.74) is -0.889. The lowest BCUT2D eigenvalue weighted by Gasteiger charge is -2.37. The molecule has 0 rings (SSSR count). The second kappa shape index (κ2) is 8.98. The van der Waals surface area contributed by atoms with E-state index in [1.165, 1.54) is 0 Å². The van der Waals surface area contributed by atoms with Gasteiger partial charge in [-0.3, -0.25) is 0 Å². The number of rotatable bonds is 10. The lowest BCUT2D eigenvalue weighted by molar-refractivity contribution is -0.0778. The summed E-state index contributed by atoms with van der Waals surface area (Å²) in [5, 5.41) is 40.2. The van der Waals surface area contributed by atoms with E-state index in [1.807, 2.05) is 27.7 Å². The first-order valence-corrected chi connectivity index (χ1v) is 7.94. The molecule has 0 aliphatic carbocycles. The molecule has 20 heavy (non-hydrogen) atoms. The molecule has 0 bridgehead atoms. The first-order chi connectivity index (χ1) is 9.24. The molecule has 0 amide bonds. The van der Waals surface area contributed by atoms with Gasteiger partial charge in [-0.05, 0) is 38.5 Å². The van der Waals surface area contributed by atoms with Gasteiger partial charge >= 0.3 is 0 Å². The van der Waals surface area contributed by atoms with Crippen LogP contribution in [-0.4, -0.2) is 44.8 Å². The van der Waals surface area contributed by atoms with E-state index in [1.54, 1.807) is 6.92 Å². The van der Waals surface area contributed by atoms with Crippen LogP contribution in [0.25, 0.3) is 0 Å². The molecule has 0 radical (unpaired) electrons. The second-order valence-electron chi connectivity index (χ2n) is 6.35. The molecule has 0 aromatic heterocycles. The molecule has 0 spiro atoms. The summed E-state index contributed by atoms with van der Waals surface area (Å²) in [6.07, 6.45) is 1.17. The van der Waals surface area contributed by atoms with Crippen LogP contribution in [-0.2, 0) is 0 Å². The van der Waals surface area contributed by atoms with Crippen molar-refractivity contribution >= 4 is 0 Å². The van der Waals surface area contributed by atoms with Crippen LogP contribution in [0, 0.1) is 17.8 Å². The standard InChI is InChI=1S/C16H34O4/c1-6-12(10-17)15(19)11(4)9-14(18)13(7-2)16(5,20)8-3/h11-15,17-20H,6-10H2,1-5H3. The van der Waals surface area contributed by atoms with Crippen molar-refractivity contribution in [3.8, 4) is 0 Å². The zero-order chi connectivity index (χ0) is 15.9. The van der Waals surface area contributed by atoms with Crippen LogP contribution < -0.4 is 0 Å². The van der Waals surface area contributed by atoms with Gasteiger partial charge in [-0.15, -0.1) is 0 Å². The summed E-state index contributed by atoms with van der Waals surface area (Å²) in [5.74, 6) is -0.455. The molecule has 4 nitrogen and oxygen atoms in total. The third-order valence-electron chi connectivity index (χ3n) is 4.86. The number of aliphatic hydroxyl groups excluding tert-OH is 3. The Bertz CT molecular complexity index is 251. The fourth-order valence-electron chi connectivity index (χ4n) is 3.02. The van der Waals surface area contributed by atoms with Crippen molar-refractivity contribution in [3.63, 3.8) is 0 Å². The molecule has 0 saturated heterocycles. The van der Waals surface area contributed by atoms with Crippen molar-refractivity contribution in [1.82, 2.24) is 0 Å². The molecule has 0 aliphatic rings. The molecule has 0 saturated carbocycles. The molecule has 0 aliphatic heterocycles. The predicted molar refractivity (Wildman–Crippen MR) is 81.4 cm³/mol. The molecule has 6 unspecified atom stereocenters. The minimum Gasteiger partial charge on any atom is -0.396 e.